The van der Waals surface area contributed by atoms with Crippen LogP contribution in [0, 0.1) is 5.92 Å². The lowest BCUT2D eigenvalue weighted by atomic mass is 9.90. The molecule has 0 unspecified atom stereocenters. The van der Waals surface area contributed by atoms with E-state index in [1.54, 1.807) is 0 Å². The van der Waals surface area contributed by atoms with Crippen LogP contribution < -0.4 is 0 Å². The van der Waals surface area contributed by atoms with Crippen molar-refractivity contribution in [3.8, 4) is 0 Å². The number of carbonyl (C=O) groups excluding carboxylic acids is 1. The first-order valence-electron chi connectivity index (χ1n) is 7.70. The molecule has 1 fully saturated rings. The Bertz CT molecular complexity index is 550. The molecule has 0 atom stereocenters. The molecule has 1 aromatic rings. The van der Waals surface area contributed by atoms with Crippen LogP contribution in [0.15, 0.2) is 30.3 Å². The van der Waals surface area contributed by atoms with E-state index < -0.39 is 24.5 Å². The number of amides is 1. The van der Waals surface area contributed by atoms with Gasteiger partial charge in [0.25, 0.3) is 6.10 Å². The van der Waals surface area contributed by atoms with Gasteiger partial charge in [0, 0.05) is 13.1 Å². The average molecular weight is 369 g/mol. The van der Waals surface area contributed by atoms with Gasteiger partial charge in [-0.3, -0.25) is 0 Å². The number of alkyl halides is 6. The molecule has 1 aliphatic rings. The summed E-state index contributed by atoms with van der Waals surface area (Å²) in [4.78, 5) is 12.6. The first kappa shape index (κ1) is 19.4. The van der Waals surface area contributed by atoms with Gasteiger partial charge in [-0.25, -0.2) is 4.79 Å². The molecule has 3 nitrogen and oxygen atoms in total. The van der Waals surface area contributed by atoms with E-state index >= 15 is 0 Å². The lowest BCUT2D eigenvalue weighted by Crippen LogP contribution is -2.49. The third-order valence-corrected chi connectivity index (χ3v) is 4.05. The Morgan fingerprint density at radius 1 is 1.04 bits per heavy atom. The standard InChI is InChI=1S/C16H17F6NO2/c17-15(18,19)13(16(20,21)22)25-14(24)23-8-6-12(7-9-23)10-11-4-2-1-3-5-11/h1-5,12-13H,6-10H2. The minimum absolute atomic E-state index is 0.0682. The molecule has 2 rings (SSSR count). The molecule has 1 aromatic carbocycles. The van der Waals surface area contributed by atoms with Gasteiger partial charge in [0.2, 0.25) is 0 Å². The monoisotopic (exact) mass is 369 g/mol. The lowest BCUT2D eigenvalue weighted by molar-refractivity contribution is -0.308. The zero-order chi connectivity index (χ0) is 18.7. The highest BCUT2D eigenvalue weighted by molar-refractivity contribution is 5.68. The lowest BCUT2D eigenvalue weighted by Gasteiger charge is -2.33. The van der Waals surface area contributed by atoms with Gasteiger partial charge in [-0.1, -0.05) is 30.3 Å². The van der Waals surface area contributed by atoms with Crippen molar-refractivity contribution >= 4 is 6.09 Å². The number of ether oxygens (including phenoxy) is 1. The van der Waals surface area contributed by atoms with Crippen LogP contribution in [0.25, 0.3) is 0 Å². The smallest absolute Gasteiger partial charge is 0.426 e. The molecular weight excluding hydrogens is 352 g/mol. The summed E-state index contributed by atoms with van der Waals surface area (Å²) in [6.07, 6.45) is -15.3. The van der Waals surface area contributed by atoms with E-state index in [1.165, 1.54) is 0 Å². The summed E-state index contributed by atoms with van der Waals surface area (Å²) < 4.78 is 78.3. The van der Waals surface area contributed by atoms with E-state index in [4.69, 9.17) is 0 Å². The summed E-state index contributed by atoms with van der Waals surface area (Å²) in [6.45, 7) is 0.136. The van der Waals surface area contributed by atoms with Crippen LogP contribution in [-0.4, -0.2) is 42.5 Å². The fourth-order valence-corrected chi connectivity index (χ4v) is 2.76. The molecule has 140 valence electrons. The molecule has 1 heterocycles. The van der Waals surface area contributed by atoms with Crippen LogP contribution in [0.1, 0.15) is 18.4 Å². The second-order valence-electron chi connectivity index (χ2n) is 5.97. The van der Waals surface area contributed by atoms with Gasteiger partial charge in [0.15, 0.2) is 0 Å². The van der Waals surface area contributed by atoms with Gasteiger partial charge in [-0.05, 0) is 30.7 Å². The molecule has 9 heteroatoms. The number of benzene rings is 1. The minimum Gasteiger partial charge on any atom is -0.426 e. The molecule has 0 radical (unpaired) electrons. The predicted molar refractivity (Wildman–Crippen MR) is 76.8 cm³/mol. The van der Waals surface area contributed by atoms with Crippen LogP contribution in [0.4, 0.5) is 31.1 Å². The van der Waals surface area contributed by atoms with Crippen LogP contribution in [0.2, 0.25) is 0 Å². The van der Waals surface area contributed by atoms with E-state index in [-0.39, 0.29) is 19.0 Å². The SMILES string of the molecule is O=C(OC(C(F)(F)F)C(F)(F)F)N1CCC(Cc2ccccc2)CC1. The maximum Gasteiger partial charge on any atom is 0.434 e. The molecule has 1 aliphatic heterocycles. The summed E-state index contributed by atoms with van der Waals surface area (Å²) >= 11 is 0. The van der Waals surface area contributed by atoms with E-state index in [9.17, 15) is 31.1 Å². The summed E-state index contributed by atoms with van der Waals surface area (Å²) in [6, 6.07) is 9.53. The summed E-state index contributed by atoms with van der Waals surface area (Å²) in [5, 5.41) is 0. The van der Waals surface area contributed by atoms with Gasteiger partial charge < -0.3 is 9.64 Å². The normalized spacial score (nSPS) is 17.0. The molecule has 0 aromatic heterocycles. The Morgan fingerprint density at radius 2 is 1.56 bits per heavy atom. The Hall–Kier alpha value is -1.93. The molecule has 0 bridgehead atoms. The number of likely N-dealkylation sites (tertiary alicyclic amines) is 1. The second kappa shape index (κ2) is 7.53. The van der Waals surface area contributed by atoms with Gasteiger partial charge >= 0.3 is 18.4 Å². The number of nitrogens with zero attached hydrogens (tertiary/aromatic N) is 1. The van der Waals surface area contributed by atoms with Crippen molar-refractivity contribution in [2.75, 3.05) is 13.1 Å². The quantitative estimate of drug-likeness (QED) is 0.731. The fraction of sp³-hybridized carbons (Fsp3) is 0.562. The van der Waals surface area contributed by atoms with Crippen molar-refractivity contribution < 1.29 is 35.9 Å². The average Bonchev–Trinajstić information content (AvgIpc) is 2.52. The summed E-state index contributed by atoms with van der Waals surface area (Å²) in [7, 11) is 0. The van der Waals surface area contributed by atoms with Crippen molar-refractivity contribution in [1.29, 1.82) is 0 Å². The van der Waals surface area contributed by atoms with Gasteiger partial charge in [-0.2, -0.15) is 26.3 Å². The van der Waals surface area contributed by atoms with Crippen molar-refractivity contribution in [2.45, 2.75) is 37.7 Å². The highest BCUT2D eigenvalue weighted by Gasteiger charge is 2.60. The van der Waals surface area contributed by atoms with Crippen molar-refractivity contribution in [2.24, 2.45) is 5.92 Å². The maximum absolute atomic E-state index is 12.4. The number of halogens is 6. The second-order valence-corrected chi connectivity index (χ2v) is 5.97. The fourth-order valence-electron chi connectivity index (χ4n) is 2.76. The summed E-state index contributed by atoms with van der Waals surface area (Å²) in [5.74, 6) is 0.215. The van der Waals surface area contributed by atoms with Crippen LogP contribution in [-0.2, 0) is 11.2 Å². The Labute approximate surface area is 140 Å². The first-order valence-corrected chi connectivity index (χ1v) is 7.70. The molecule has 0 N–H and O–H groups in total. The van der Waals surface area contributed by atoms with Gasteiger partial charge in [0.05, 0.1) is 0 Å². The van der Waals surface area contributed by atoms with Crippen LogP contribution in [0.5, 0.6) is 0 Å². The van der Waals surface area contributed by atoms with Crippen LogP contribution in [0.3, 0.4) is 0 Å². The predicted octanol–water partition coefficient (Wildman–Crippen LogP) is 4.57. The molecule has 0 saturated carbocycles. The highest BCUT2D eigenvalue weighted by Crippen LogP contribution is 2.36. The third kappa shape index (κ3) is 5.54. The minimum atomic E-state index is -5.69. The van der Waals surface area contributed by atoms with Crippen LogP contribution >= 0.6 is 0 Å². The summed E-state index contributed by atoms with van der Waals surface area (Å²) in [5.41, 5.74) is 1.10. The van der Waals surface area contributed by atoms with Crippen molar-refractivity contribution in [3.63, 3.8) is 0 Å². The molecule has 25 heavy (non-hydrogen) atoms. The van der Waals surface area contributed by atoms with E-state index in [0.717, 1.165) is 16.9 Å². The Morgan fingerprint density at radius 3 is 2.04 bits per heavy atom. The topological polar surface area (TPSA) is 29.5 Å². The molecule has 0 aliphatic carbocycles. The number of hydrogen-bond acceptors (Lipinski definition) is 2. The maximum atomic E-state index is 12.4. The number of rotatable bonds is 3. The number of hydrogen-bond donors (Lipinski definition) is 0. The molecule has 1 amide bonds. The molecular formula is C16H17F6NO2. The highest BCUT2D eigenvalue weighted by atomic mass is 19.4. The van der Waals surface area contributed by atoms with Crippen molar-refractivity contribution in [3.05, 3.63) is 35.9 Å². The van der Waals surface area contributed by atoms with E-state index in [2.05, 4.69) is 4.74 Å². The number of carbonyl (C=O) groups is 1. The van der Waals surface area contributed by atoms with Gasteiger partial charge in [0.1, 0.15) is 0 Å². The van der Waals surface area contributed by atoms with E-state index in [0.29, 0.717) is 12.8 Å². The number of piperidine rings is 1. The Kier molecular flexibility index (Phi) is 5.84. The van der Waals surface area contributed by atoms with Gasteiger partial charge in [-0.15, -0.1) is 0 Å². The zero-order valence-corrected chi connectivity index (χ0v) is 13.1. The van der Waals surface area contributed by atoms with E-state index in [1.807, 2.05) is 30.3 Å². The van der Waals surface area contributed by atoms with Crippen molar-refractivity contribution in [1.82, 2.24) is 4.90 Å². The Balaban J connectivity index is 1.88. The zero-order valence-electron chi connectivity index (χ0n) is 13.1. The largest absolute Gasteiger partial charge is 0.434 e. The third-order valence-electron chi connectivity index (χ3n) is 4.05. The molecule has 0 spiro atoms. The first-order chi connectivity index (χ1) is 11.6. The molecule has 1 saturated heterocycles.